The Balaban J connectivity index is 2.13. The summed E-state index contributed by atoms with van der Waals surface area (Å²) in [7, 11) is -3.07. The highest BCUT2D eigenvalue weighted by atomic mass is 32.2. The van der Waals surface area contributed by atoms with E-state index in [9.17, 15) is 23.3 Å². The number of hydrogen-bond acceptors (Lipinski definition) is 5. The van der Waals surface area contributed by atoms with E-state index in [4.69, 9.17) is 0 Å². The van der Waals surface area contributed by atoms with Gasteiger partial charge in [-0.2, -0.15) is 0 Å². The van der Waals surface area contributed by atoms with Crippen molar-refractivity contribution in [3.8, 4) is 0 Å². The van der Waals surface area contributed by atoms with Crippen molar-refractivity contribution in [3.05, 3.63) is 46.0 Å². The second-order valence-electron chi connectivity index (χ2n) is 6.13. The van der Waals surface area contributed by atoms with Crippen molar-refractivity contribution in [2.75, 3.05) is 18.1 Å². The van der Waals surface area contributed by atoms with Gasteiger partial charge in [0.1, 0.15) is 0 Å². The molecule has 1 aliphatic heterocycles. The Hall–Kier alpha value is -2.22. The molecule has 1 heterocycles. The molecule has 1 aromatic rings. The predicted octanol–water partition coefficient (Wildman–Crippen LogP) is 2.42. The number of nitro groups is 1. The van der Waals surface area contributed by atoms with Gasteiger partial charge in [0, 0.05) is 30.8 Å². The van der Waals surface area contributed by atoms with Gasteiger partial charge in [0.05, 0.1) is 16.4 Å². The lowest BCUT2D eigenvalue weighted by Crippen LogP contribution is -2.40. The maximum Gasteiger partial charge on any atom is 0.270 e. The molecular formula is C17H22N2O5S. The van der Waals surface area contributed by atoms with Crippen molar-refractivity contribution in [1.29, 1.82) is 0 Å². The smallest absolute Gasteiger partial charge is 0.270 e. The van der Waals surface area contributed by atoms with Crippen molar-refractivity contribution in [2.24, 2.45) is 0 Å². The average Bonchev–Trinajstić information content (AvgIpc) is 2.93. The van der Waals surface area contributed by atoms with Crippen molar-refractivity contribution in [3.63, 3.8) is 0 Å². The van der Waals surface area contributed by atoms with Gasteiger partial charge in [0.15, 0.2) is 9.84 Å². The molecule has 1 unspecified atom stereocenters. The number of sulfone groups is 1. The molecule has 0 N–H and O–H groups in total. The van der Waals surface area contributed by atoms with Crippen molar-refractivity contribution >= 4 is 27.5 Å². The number of carbonyl (C=O) groups is 1. The van der Waals surface area contributed by atoms with Crippen LogP contribution in [0.15, 0.2) is 30.3 Å². The Morgan fingerprint density at radius 1 is 1.44 bits per heavy atom. The van der Waals surface area contributed by atoms with Gasteiger partial charge >= 0.3 is 0 Å². The van der Waals surface area contributed by atoms with E-state index in [1.807, 2.05) is 6.92 Å². The first kappa shape index (κ1) is 19.1. The number of unbranched alkanes of at least 4 members (excludes halogenated alkanes) is 1. The number of nitrogens with zero attached hydrogens (tertiary/aromatic N) is 2. The van der Waals surface area contributed by atoms with Crippen LogP contribution < -0.4 is 0 Å². The van der Waals surface area contributed by atoms with Crippen molar-refractivity contribution in [2.45, 2.75) is 32.2 Å². The molecule has 7 nitrogen and oxygen atoms in total. The first-order valence-electron chi connectivity index (χ1n) is 8.26. The summed E-state index contributed by atoms with van der Waals surface area (Å²) in [6.45, 7) is 2.52. The van der Waals surface area contributed by atoms with Crippen LogP contribution in [0.4, 0.5) is 5.69 Å². The molecule has 0 spiro atoms. The normalized spacial score (nSPS) is 19.2. The number of nitro benzene ring substituents is 1. The van der Waals surface area contributed by atoms with Gasteiger partial charge < -0.3 is 4.90 Å². The average molecular weight is 366 g/mol. The molecule has 0 radical (unpaired) electrons. The fraction of sp³-hybridized carbons (Fsp3) is 0.471. The number of benzene rings is 1. The summed E-state index contributed by atoms with van der Waals surface area (Å²) in [6.07, 6.45) is 5.05. The molecule has 25 heavy (non-hydrogen) atoms. The first-order valence-corrected chi connectivity index (χ1v) is 10.1. The van der Waals surface area contributed by atoms with Crippen molar-refractivity contribution in [1.82, 2.24) is 4.90 Å². The van der Waals surface area contributed by atoms with E-state index in [0.717, 1.165) is 12.8 Å². The summed E-state index contributed by atoms with van der Waals surface area (Å²) < 4.78 is 23.4. The zero-order chi connectivity index (χ0) is 18.4. The fourth-order valence-electron chi connectivity index (χ4n) is 2.83. The Kier molecular flexibility index (Phi) is 6.30. The third-order valence-electron chi connectivity index (χ3n) is 4.18. The quantitative estimate of drug-likeness (QED) is 0.419. The van der Waals surface area contributed by atoms with Crippen LogP contribution in [0.25, 0.3) is 6.08 Å². The fourth-order valence-corrected chi connectivity index (χ4v) is 4.56. The van der Waals surface area contributed by atoms with Crippen LogP contribution in [0.2, 0.25) is 0 Å². The molecule has 0 bridgehead atoms. The molecule has 8 heteroatoms. The number of non-ortho nitro benzene ring substituents is 1. The van der Waals surface area contributed by atoms with Gasteiger partial charge in [0.2, 0.25) is 5.91 Å². The van der Waals surface area contributed by atoms with Crippen LogP contribution in [0.5, 0.6) is 0 Å². The van der Waals surface area contributed by atoms with Gasteiger partial charge in [-0.05, 0) is 24.5 Å². The van der Waals surface area contributed by atoms with Gasteiger partial charge in [-0.3, -0.25) is 14.9 Å². The molecule has 1 amide bonds. The van der Waals surface area contributed by atoms with E-state index in [1.54, 1.807) is 17.0 Å². The molecule has 1 aliphatic rings. The largest absolute Gasteiger partial charge is 0.335 e. The minimum atomic E-state index is -3.07. The van der Waals surface area contributed by atoms with Gasteiger partial charge in [-0.15, -0.1) is 0 Å². The number of rotatable bonds is 7. The summed E-state index contributed by atoms with van der Waals surface area (Å²) >= 11 is 0. The molecule has 0 saturated carbocycles. The summed E-state index contributed by atoms with van der Waals surface area (Å²) in [5.41, 5.74) is 0.511. The molecular weight excluding hydrogens is 344 g/mol. The Morgan fingerprint density at radius 2 is 2.20 bits per heavy atom. The lowest BCUT2D eigenvalue weighted by Gasteiger charge is -2.27. The molecule has 0 aliphatic carbocycles. The van der Waals surface area contributed by atoms with Crippen LogP contribution in [0.1, 0.15) is 31.7 Å². The number of carbonyl (C=O) groups excluding carboxylic acids is 1. The number of amides is 1. The topological polar surface area (TPSA) is 97.6 Å². The molecule has 136 valence electrons. The third-order valence-corrected chi connectivity index (χ3v) is 5.93. The van der Waals surface area contributed by atoms with Gasteiger partial charge in [-0.25, -0.2) is 8.42 Å². The molecule has 1 saturated heterocycles. The molecule has 0 aromatic heterocycles. The second-order valence-corrected chi connectivity index (χ2v) is 8.36. The van der Waals surface area contributed by atoms with Crippen LogP contribution in [0.3, 0.4) is 0 Å². The van der Waals surface area contributed by atoms with Crippen LogP contribution in [-0.2, 0) is 14.6 Å². The minimum absolute atomic E-state index is 0.00705. The molecule has 1 fully saturated rings. The van der Waals surface area contributed by atoms with E-state index in [1.165, 1.54) is 24.3 Å². The third kappa shape index (κ3) is 5.38. The monoisotopic (exact) mass is 366 g/mol. The minimum Gasteiger partial charge on any atom is -0.335 e. The maximum absolute atomic E-state index is 12.5. The standard InChI is InChI=1S/C17H22N2O5S/c1-2-3-10-18(16-9-11-25(23,24)13-16)17(20)8-7-14-5-4-6-15(12-14)19(21)22/h4-8,12,16H,2-3,9-11,13H2,1H3/b8-7+. The Labute approximate surface area is 147 Å². The zero-order valence-electron chi connectivity index (χ0n) is 14.1. The number of hydrogen-bond donors (Lipinski definition) is 0. The zero-order valence-corrected chi connectivity index (χ0v) is 14.9. The highest BCUT2D eigenvalue weighted by molar-refractivity contribution is 7.91. The van der Waals surface area contributed by atoms with E-state index < -0.39 is 14.8 Å². The predicted molar refractivity (Wildman–Crippen MR) is 95.8 cm³/mol. The SMILES string of the molecule is CCCCN(C(=O)/C=C/c1cccc([N+](=O)[O-])c1)C1CCS(=O)(=O)C1. The summed E-state index contributed by atoms with van der Waals surface area (Å²) in [5.74, 6) is -0.142. The molecule has 1 atom stereocenters. The lowest BCUT2D eigenvalue weighted by molar-refractivity contribution is -0.384. The molecule has 2 rings (SSSR count). The maximum atomic E-state index is 12.5. The lowest BCUT2D eigenvalue weighted by atomic mass is 10.1. The van der Waals surface area contributed by atoms with E-state index in [0.29, 0.717) is 18.5 Å². The van der Waals surface area contributed by atoms with Crippen LogP contribution in [0, 0.1) is 10.1 Å². The van der Waals surface area contributed by atoms with E-state index in [2.05, 4.69) is 0 Å². The summed E-state index contributed by atoms with van der Waals surface area (Å²) in [6, 6.07) is 5.71. The van der Waals surface area contributed by atoms with Gasteiger partial charge in [0.25, 0.3) is 5.69 Å². The highest BCUT2D eigenvalue weighted by Crippen LogP contribution is 2.20. The van der Waals surface area contributed by atoms with Gasteiger partial charge in [-0.1, -0.05) is 25.5 Å². The van der Waals surface area contributed by atoms with Crippen LogP contribution in [-0.4, -0.2) is 48.2 Å². The van der Waals surface area contributed by atoms with E-state index >= 15 is 0 Å². The van der Waals surface area contributed by atoms with Crippen molar-refractivity contribution < 1.29 is 18.1 Å². The van der Waals surface area contributed by atoms with Crippen LogP contribution >= 0.6 is 0 Å². The Bertz CT molecular complexity index is 773. The summed E-state index contributed by atoms with van der Waals surface area (Å²) in [4.78, 5) is 24.5. The first-order chi connectivity index (χ1) is 11.8. The molecule has 1 aromatic carbocycles. The summed E-state index contributed by atoms with van der Waals surface area (Å²) in [5, 5.41) is 10.8. The van der Waals surface area contributed by atoms with E-state index in [-0.39, 0.29) is 29.1 Å². The Morgan fingerprint density at radius 3 is 2.80 bits per heavy atom. The second kappa shape index (κ2) is 8.24. The highest BCUT2D eigenvalue weighted by Gasteiger charge is 2.33.